The Morgan fingerprint density at radius 2 is 1.83 bits per heavy atom. The van der Waals surface area contributed by atoms with Crippen molar-refractivity contribution in [3.8, 4) is 0 Å². The SMILES string of the molecule is CCCCC=O.CN(Cc1cc(NC(=O)COCCOCCOCC(O)CN)ccc1C=O)NC=O. The number of anilines is 1. The molecule has 0 fully saturated rings. The van der Waals surface area contributed by atoms with Gasteiger partial charge in [0.2, 0.25) is 12.3 Å². The van der Waals surface area contributed by atoms with E-state index in [2.05, 4.69) is 17.7 Å². The number of carbonyl (C=O) groups excluding carboxylic acids is 4. The number of amides is 2. The van der Waals surface area contributed by atoms with Crippen LogP contribution in [0.2, 0.25) is 0 Å². The van der Waals surface area contributed by atoms with Gasteiger partial charge in [-0.15, -0.1) is 0 Å². The molecular weight excluding hydrogens is 472 g/mol. The summed E-state index contributed by atoms with van der Waals surface area (Å²) in [6, 6.07) is 4.87. The molecule has 2 amide bonds. The fraction of sp³-hybridized carbons (Fsp3) is 0.583. The molecule has 1 aromatic rings. The monoisotopic (exact) mass is 512 g/mol. The molecule has 0 radical (unpaired) electrons. The number of nitrogens with zero attached hydrogens (tertiary/aromatic N) is 1. The van der Waals surface area contributed by atoms with E-state index in [9.17, 15) is 24.3 Å². The molecule has 12 nitrogen and oxygen atoms in total. The molecule has 1 rings (SSSR count). The third kappa shape index (κ3) is 17.7. The number of unbranched alkanes of at least 4 members (excludes halogenated alkanes) is 2. The van der Waals surface area contributed by atoms with Crippen LogP contribution < -0.4 is 16.5 Å². The van der Waals surface area contributed by atoms with Crippen molar-refractivity contribution in [2.45, 2.75) is 38.8 Å². The van der Waals surface area contributed by atoms with E-state index in [-0.39, 0.29) is 32.3 Å². The minimum Gasteiger partial charge on any atom is -0.389 e. The van der Waals surface area contributed by atoms with Gasteiger partial charge in [-0.2, -0.15) is 0 Å². The maximum atomic E-state index is 12.0. The molecule has 0 spiro atoms. The lowest BCUT2D eigenvalue weighted by Crippen LogP contribution is -2.32. The standard InChI is InChI=1S/C19H30N4O7.C5H10O/c1-23(21-14-25)10-16-8-17(3-2-15(16)11-24)22-19(27)13-30-7-5-28-4-6-29-12-18(26)9-20;1-2-3-4-5-6/h2-3,8,11,14,18,26H,4-7,9-10,12-13,20H2,1H3,(H,21,25)(H,22,27);5H,2-4H2,1H3. The Hall–Kier alpha value is -2.74. The van der Waals surface area contributed by atoms with Gasteiger partial charge in [-0.3, -0.25) is 19.8 Å². The molecule has 0 saturated carbocycles. The third-order valence-electron chi connectivity index (χ3n) is 4.47. The normalized spacial score (nSPS) is 11.2. The number of aliphatic hydroxyl groups is 1. The Balaban J connectivity index is 0.00000181. The van der Waals surface area contributed by atoms with Crippen molar-refractivity contribution >= 4 is 30.6 Å². The predicted molar refractivity (Wildman–Crippen MR) is 134 cm³/mol. The Kier molecular flexibility index (Phi) is 21.0. The highest BCUT2D eigenvalue weighted by Crippen LogP contribution is 2.16. The van der Waals surface area contributed by atoms with Gasteiger partial charge in [0, 0.05) is 37.8 Å². The van der Waals surface area contributed by atoms with Crippen molar-refractivity contribution in [3.05, 3.63) is 29.3 Å². The van der Waals surface area contributed by atoms with Crippen LogP contribution in [0.1, 0.15) is 42.1 Å². The van der Waals surface area contributed by atoms with Crippen molar-refractivity contribution in [2.75, 3.05) is 58.6 Å². The van der Waals surface area contributed by atoms with Crippen LogP contribution in [0.5, 0.6) is 0 Å². The number of ether oxygens (including phenoxy) is 3. The van der Waals surface area contributed by atoms with Gasteiger partial charge in [0.1, 0.15) is 19.2 Å². The highest BCUT2D eigenvalue weighted by atomic mass is 16.5. The first-order valence-electron chi connectivity index (χ1n) is 11.8. The molecule has 0 aliphatic rings. The van der Waals surface area contributed by atoms with E-state index >= 15 is 0 Å². The lowest BCUT2D eigenvalue weighted by atomic mass is 10.1. The van der Waals surface area contributed by atoms with Crippen molar-refractivity contribution in [1.29, 1.82) is 0 Å². The maximum absolute atomic E-state index is 12.0. The average molecular weight is 513 g/mol. The first kappa shape index (κ1) is 33.3. The van der Waals surface area contributed by atoms with Crippen molar-refractivity contribution in [3.63, 3.8) is 0 Å². The van der Waals surface area contributed by atoms with Crippen LogP contribution in [0.15, 0.2) is 18.2 Å². The van der Waals surface area contributed by atoms with E-state index in [4.69, 9.17) is 19.9 Å². The first-order chi connectivity index (χ1) is 17.4. The fourth-order valence-electron chi connectivity index (χ4n) is 2.60. The predicted octanol–water partition coefficient (Wildman–Crippen LogP) is 0.275. The van der Waals surface area contributed by atoms with Gasteiger partial charge < -0.3 is 35.2 Å². The largest absolute Gasteiger partial charge is 0.389 e. The van der Waals surface area contributed by atoms with Gasteiger partial charge in [0.25, 0.3) is 0 Å². The lowest BCUT2D eigenvalue weighted by Gasteiger charge is -2.17. The maximum Gasteiger partial charge on any atom is 0.250 e. The number of nitrogens with two attached hydrogens (primary N) is 1. The van der Waals surface area contributed by atoms with Crippen molar-refractivity contribution < 1.29 is 38.5 Å². The van der Waals surface area contributed by atoms with Gasteiger partial charge in [-0.25, -0.2) is 5.01 Å². The molecule has 12 heteroatoms. The zero-order valence-corrected chi connectivity index (χ0v) is 21.1. The van der Waals surface area contributed by atoms with Crippen LogP contribution in [0.25, 0.3) is 0 Å². The average Bonchev–Trinajstić information content (AvgIpc) is 2.87. The van der Waals surface area contributed by atoms with E-state index in [1.54, 1.807) is 25.2 Å². The molecule has 1 aromatic carbocycles. The molecule has 0 aliphatic carbocycles. The third-order valence-corrected chi connectivity index (χ3v) is 4.47. The Morgan fingerprint density at radius 3 is 2.42 bits per heavy atom. The molecule has 5 N–H and O–H groups in total. The Morgan fingerprint density at radius 1 is 1.14 bits per heavy atom. The van der Waals surface area contributed by atoms with E-state index in [0.29, 0.717) is 55.9 Å². The number of rotatable bonds is 20. The summed E-state index contributed by atoms with van der Waals surface area (Å²) in [5.74, 6) is -0.349. The number of carbonyl (C=O) groups is 4. The Labute approximate surface area is 212 Å². The van der Waals surface area contributed by atoms with Crippen molar-refractivity contribution in [2.24, 2.45) is 5.73 Å². The summed E-state index contributed by atoms with van der Waals surface area (Å²) in [7, 11) is 1.65. The quantitative estimate of drug-likeness (QED) is 0.108. The minimum absolute atomic E-state index is 0.147. The number of hydrogen-bond acceptors (Lipinski definition) is 10. The van der Waals surface area contributed by atoms with Gasteiger partial charge in [0.05, 0.1) is 39.1 Å². The zero-order valence-electron chi connectivity index (χ0n) is 21.1. The molecule has 0 aromatic heterocycles. The smallest absolute Gasteiger partial charge is 0.250 e. The summed E-state index contributed by atoms with van der Waals surface area (Å²) in [5.41, 5.74) is 9.33. The minimum atomic E-state index is -0.675. The summed E-state index contributed by atoms with van der Waals surface area (Å²) in [6.45, 7) is 3.72. The summed E-state index contributed by atoms with van der Waals surface area (Å²) in [6.07, 6.45) is 4.44. The van der Waals surface area contributed by atoms with E-state index < -0.39 is 6.10 Å². The summed E-state index contributed by atoms with van der Waals surface area (Å²) in [5, 5.41) is 13.4. The van der Waals surface area contributed by atoms with Gasteiger partial charge in [-0.05, 0) is 30.2 Å². The highest BCUT2D eigenvalue weighted by Gasteiger charge is 2.09. The van der Waals surface area contributed by atoms with Gasteiger partial charge in [0.15, 0.2) is 0 Å². The van der Waals surface area contributed by atoms with E-state index in [0.717, 1.165) is 25.5 Å². The molecule has 0 saturated heterocycles. The Bertz CT molecular complexity index is 751. The van der Waals surface area contributed by atoms with Crippen LogP contribution in [0.4, 0.5) is 5.69 Å². The fourth-order valence-corrected chi connectivity index (χ4v) is 2.60. The number of hydrogen-bond donors (Lipinski definition) is 4. The lowest BCUT2D eigenvalue weighted by molar-refractivity contribution is -0.121. The van der Waals surface area contributed by atoms with Gasteiger partial charge >= 0.3 is 0 Å². The molecule has 204 valence electrons. The van der Waals surface area contributed by atoms with Crippen LogP contribution in [0.3, 0.4) is 0 Å². The second kappa shape index (κ2) is 22.7. The van der Waals surface area contributed by atoms with Crippen molar-refractivity contribution in [1.82, 2.24) is 10.4 Å². The second-order valence-electron chi connectivity index (χ2n) is 7.62. The molecule has 1 unspecified atom stereocenters. The number of hydrazine groups is 1. The van der Waals surface area contributed by atoms with Crippen LogP contribution in [0, 0.1) is 0 Å². The van der Waals surface area contributed by atoms with E-state index in [1.165, 1.54) is 5.01 Å². The topological polar surface area (TPSA) is 170 Å². The number of aliphatic hydroxyl groups excluding tert-OH is 1. The summed E-state index contributed by atoms with van der Waals surface area (Å²) >= 11 is 0. The van der Waals surface area contributed by atoms with Crippen LogP contribution >= 0.6 is 0 Å². The van der Waals surface area contributed by atoms with Gasteiger partial charge in [-0.1, -0.05) is 13.3 Å². The van der Waals surface area contributed by atoms with E-state index in [1.807, 2.05) is 0 Å². The molecule has 1 atom stereocenters. The van der Waals surface area contributed by atoms with Crippen LogP contribution in [-0.2, 0) is 35.1 Å². The molecule has 0 bridgehead atoms. The molecular formula is C24H40N4O8. The molecule has 36 heavy (non-hydrogen) atoms. The highest BCUT2D eigenvalue weighted by molar-refractivity contribution is 5.92. The number of aldehydes is 2. The summed E-state index contributed by atoms with van der Waals surface area (Å²) in [4.78, 5) is 43.2. The summed E-state index contributed by atoms with van der Waals surface area (Å²) < 4.78 is 15.7. The zero-order chi connectivity index (χ0) is 27.0. The van der Waals surface area contributed by atoms with Crippen LogP contribution in [-0.4, -0.2) is 94.3 Å². The second-order valence-corrected chi connectivity index (χ2v) is 7.62. The molecule has 0 heterocycles. The molecule has 0 aliphatic heterocycles. The number of benzene rings is 1. The first-order valence-corrected chi connectivity index (χ1v) is 11.8. The number of nitrogens with one attached hydrogen (secondary N) is 2.